The van der Waals surface area contributed by atoms with Crippen molar-refractivity contribution in [2.75, 3.05) is 7.11 Å². The molecule has 0 aliphatic heterocycles. The molecule has 1 amide bonds. The number of hydrazone groups is 1. The van der Waals surface area contributed by atoms with E-state index in [1.807, 2.05) is 24.3 Å². The van der Waals surface area contributed by atoms with E-state index in [0.29, 0.717) is 17.3 Å². The third-order valence-corrected chi connectivity index (χ3v) is 4.27. The number of ether oxygens (including phenoxy) is 1. The lowest BCUT2D eigenvalue weighted by atomic mass is 9.89. The van der Waals surface area contributed by atoms with Crippen LogP contribution in [0.4, 0.5) is 0 Å². The van der Waals surface area contributed by atoms with Crippen LogP contribution in [-0.4, -0.2) is 28.9 Å². The van der Waals surface area contributed by atoms with Crippen LogP contribution in [0.25, 0.3) is 11.3 Å². The maximum absolute atomic E-state index is 12.2. The minimum atomic E-state index is -0.270. The first kappa shape index (κ1) is 16.2. The van der Waals surface area contributed by atoms with Gasteiger partial charge in [0.2, 0.25) is 0 Å². The maximum atomic E-state index is 12.2. The van der Waals surface area contributed by atoms with Crippen LogP contribution >= 0.6 is 0 Å². The van der Waals surface area contributed by atoms with Gasteiger partial charge in [0.05, 0.1) is 12.8 Å². The van der Waals surface area contributed by atoms with Crippen molar-refractivity contribution in [2.24, 2.45) is 11.0 Å². The van der Waals surface area contributed by atoms with Crippen molar-refractivity contribution in [1.29, 1.82) is 0 Å². The fourth-order valence-electron chi connectivity index (χ4n) is 2.90. The number of hydrogen-bond acceptors (Lipinski definition) is 4. The summed E-state index contributed by atoms with van der Waals surface area (Å²) in [5, 5.41) is 11.2. The van der Waals surface area contributed by atoms with E-state index in [1.54, 1.807) is 13.2 Å². The molecule has 1 saturated carbocycles. The monoisotopic (exact) mass is 326 g/mol. The van der Waals surface area contributed by atoms with Gasteiger partial charge in [0, 0.05) is 11.3 Å². The molecule has 2 aromatic rings. The normalized spacial score (nSPS) is 19.2. The Labute approximate surface area is 141 Å². The zero-order valence-corrected chi connectivity index (χ0v) is 14.0. The molecule has 1 unspecified atom stereocenters. The number of aromatic nitrogens is 2. The molecule has 0 bridgehead atoms. The third kappa shape index (κ3) is 3.82. The highest BCUT2D eigenvalue weighted by Crippen LogP contribution is 2.22. The molecule has 1 aliphatic carbocycles. The van der Waals surface area contributed by atoms with Crippen molar-refractivity contribution in [3.63, 3.8) is 0 Å². The van der Waals surface area contributed by atoms with E-state index in [4.69, 9.17) is 4.74 Å². The van der Waals surface area contributed by atoms with E-state index in [-0.39, 0.29) is 5.91 Å². The van der Waals surface area contributed by atoms with Gasteiger partial charge >= 0.3 is 0 Å². The molecule has 1 aromatic carbocycles. The zero-order valence-electron chi connectivity index (χ0n) is 14.0. The minimum Gasteiger partial charge on any atom is -0.497 e. The summed E-state index contributed by atoms with van der Waals surface area (Å²) in [5.41, 5.74) is 5.72. The Bertz CT molecular complexity index is 734. The summed E-state index contributed by atoms with van der Waals surface area (Å²) in [5.74, 6) is 1.15. The number of methoxy groups -OCH3 is 1. The van der Waals surface area contributed by atoms with E-state index < -0.39 is 0 Å². The smallest absolute Gasteiger partial charge is 0.289 e. The number of nitrogens with one attached hydrogen (secondary N) is 2. The highest BCUT2D eigenvalue weighted by atomic mass is 16.5. The molecule has 1 atom stereocenters. The third-order valence-electron chi connectivity index (χ3n) is 4.27. The molecule has 0 radical (unpaired) electrons. The Morgan fingerprint density at radius 1 is 1.38 bits per heavy atom. The van der Waals surface area contributed by atoms with Crippen LogP contribution in [0.3, 0.4) is 0 Å². The van der Waals surface area contributed by atoms with Crippen LogP contribution < -0.4 is 10.2 Å². The Hall–Kier alpha value is -2.63. The number of H-pyrrole nitrogens is 1. The molecule has 2 N–H and O–H groups in total. The number of benzene rings is 1. The maximum Gasteiger partial charge on any atom is 0.289 e. The van der Waals surface area contributed by atoms with E-state index in [1.165, 1.54) is 6.42 Å². The van der Waals surface area contributed by atoms with Gasteiger partial charge in [-0.1, -0.05) is 6.92 Å². The van der Waals surface area contributed by atoms with Gasteiger partial charge in [0.1, 0.15) is 11.4 Å². The van der Waals surface area contributed by atoms with E-state index in [9.17, 15) is 4.79 Å². The van der Waals surface area contributed by atoms with Crippen molar-refractivity contribution >= 4 is 11.6 Å². The first-order valence-corrected chi connectivity index (χ1v) is 8.21. The molecule has 24 heavy (non-hydrogen) atoms. The molecule has 1 aliphatic rings. The van der Waals surface area contributed by atoms with Gasteiger partial charge in [0.15, 0.2) is 0 Å². The predicted molar refractivity (Wildman–Crippen MR) is 93.1 cm³/mol. The number of rotatable bonds is 4. The minimum absolute atomic E-state index is 0.270. The zero-order chi connectivity index (χ0) is 16.9. The second-order valence-electron chi connectivity index (χ2n) is 6.22. The summed E-state index contributed by atoms with van der Waals surface area (Å²) >= 11 is 0. The number of nitrogens with zero attached hydrogens (tertiary/aromatic N) is 2. The summed E-state index contributed by atoms with van der Waals surface area (Å²) in [6.45, 7) is 2.21. The Morgan fingerprint density at radius 2 is 2.17 bits per heavy atom. The molecule has 3 rings (SSSR count). The van der Waals surface area contributed by atoms with Crippen LogP contribution in [0.5, 0.6) is 5.75 Å². The number of aromatic amines is 1. The molecule has 1 fully saturated rings. The molecule has 0 spiro atoms. The van der Waals surface area contributed by atoms with Gasteiger partial charge in [-0.25, -0.2) is 5.43 Å². The standard InChI is InChI=1S/C18H22N4O2/c1-12-4-3-5-14(10-12)19-22-18(23)17-11-16(20-21-17)13-6-8-15(24-2)9-7-13/h6-9,11-12H,3-5,10H2,1-2H3,(H,20,21)(H,22,23)/b19-14+. The SMILES string of the molecule is COc1ccc(-c2cc(C(=O)N/N=C3\CCCC(C)C3)[nH]n2)cc1. The van der Waals surface area contributed by atoms with Crippen LogP contribution in [0.15, 0.2) is 35.4 Å². The summed E-state index contributed by atoms with van der Waals surface area (Å²) in [6.07, 6.45) is 4.30. The number of amides is 1. The molecule has 0 saturated heterocycles. The first-order valence-electron chi connectivity index (χ1n) is 8.21. The second kappa shape index (κ2) is 7.29. The van der Waals surface area contributed by atoms with Gasteiger partial charge in [-0.3, -0.25) is 9.89 Å². The van der Waals surface area contributed by atoms with Gasteiger partial charge in [-0.2, -0.15) is 10.2 Å². The van der Waals surface area contributed by atoms with E-state index in [2.05, 4.69) is 27.6 Å². The Kier molecular flexibility index (Phi) is 4.93. The van der Waals surface area contributed by atoms with Crippen molar-refractivity contribution in [3.8, 4) is 17.0 Å². The summed E-state index contributed by atoms with van der Waals surface area (Å²) in [6, 6.07) is 9.25. The topological polar surface area (TPSA) is 79.4 Å². The summed E-state index contributed by atoms with van der Waals surface area (Å²) in [4.78, 5) is 12.2. The van der Waals surface area contributed by atoms with Crippen LogP contribution in [0.1, 0.15) is 43.1 Å². The number of carbonyl (C=O) groups excluding carboxylic acids is 1. The van der Waals surface area contributed by atoms with E-state index in [0.717, 1.165) is 36.3 Å². The number of hydrogen-bond donors (Lipinski definition) is 2. The van der Waals surface area contributed by atoms with Gasteiger partial charge in [0.25, 0.3) is 5.91 Å². The lowest BCUT2D eigenvalue weighted by molar-refractivity contribution is 0.0949. The molecular formula is C18H22N4O2. The Balaban J connectivity index is 1.66. The van der Waals surface area contributed by atoms with Crippen molar-refractivity contribution in [3.05, 3.63) is 36.0 Å². The summed E-state index contributed by atoms with van der Waals surface area (Å²) in [7, 11) is 1.63. The van der Waals surface area contributed by atoms with Crippen LogP contribution in [0.2, 0.25) is 0 Å². The highest BCUT2D eigenvalue weighted by Gasteiger charge is 2.15. The average molecular weight is 326 g/mol. The van der Waals surface area contributed by atoms with Crippen LogP contribution in [-0.2, 0) is 0 Å². The van der Waals surface area contributed by atoms with Crippen molar-refractivity contribution in [1.82, 2.24) is 15.6 Å². The van der Waals surface area contributed by atoms with Crippen molar-refractivity contribution < 1.29 is 9.53 Å². The molecule has 1 heterocycles. The Morgan fingerprint density at radius 3 is 2.88 bits per heavy atom. The molecule has 1 aromatic heterocycles. The predicted octanol–water partition coefficient (Wildman–Crippen LogP) is 3.38. The van der Waals surface area contributed by atoms with Crippen LogP contribution in [0, 0.1) is 5.92 Å². The quantitative estimate of drug-likeness (QED) is 0.845. The second-order valence-corrected chi connectivity index (χ2v) is 6.22. The number of carbonyl (C=O) groups is 1. The molecule has 6 heteroatoms. The van der Waals surface area contributed by atoms with E-state index >= 15 is 0 Å². The van der Waals surface area contributed by atoms with Gasteiger partial charge in [-0.05, 0) is 61.9 Å². The lowest BCUT2D eigenvalue weighted by Crippen LogP contribution is -2.22. The molecule has 6 nitrogen and oxygen atoms in total. The molecule has 126 valence electrons. The first-order chi connectivity index (χ1) is 11.7. The fraction of sp³-hybridized carbons (Fsp3) is 0.389. The average Bonchev–Trinajstić information content (AvgIpc) is 3.10. The largest absolute Gasteiger partial charge is 0.497 e. The lowest BCUT2D eigenvalue weighted by Gasteiger charge is -2.18. The fourth-order valence-corrected chi connectivity index (χ4v) is 2.90. The van der Waals surface area contributed by atoms with Gasteiger partial charge < -0.3 is 4.74 Å². The molecular weight excluding hydrogens is 304 g/mol. The highest BCUT2D eigenvalue weighted by molar-refractivity contribution is 5.94. The summed E-state index contributed by atoms with van der Waals surface area (Å²) < 4.78 is 5.14. The van der Waals surface area contributed by atoms with Crippen molar-refractivity contribution in [2.45, 2.75) is 32.6 Å². The van der Waals surface area contributed by atoms with Gasteiger partial charge in [-0.15, -0.1) is 0 Å².